The number of halogens is 2. The molecule has 0 atom stereocenters. The van der Waals surface area contributed by atoms with Gasteiger partial charge in [0.1, 0.15) is 5.75 Å². The zero-order valence-corrected chi connectivity index (χ0v) is 14.4. The molecule has 1 aliphatic rings. The Morgan fingerprint density at radius 3 is 2.43 bits per heavy atom. The van der Waals surface area contributed by atoms with E-state index in [0.717, 1.165) is 12.8 Å². The number of sulfonamides is 1. The summed E-state index contributed by atoms with van der Waals surface area (Å²) < 4.78 is 31.6. The minimum absolute atomic E-state index is 0. The highest BCUT2D eigenvalue weighted by Gasteiger charge is 2.29. The minimum Gasteiger partial charge on any atom is -0.495 e. The summed E-state index contributed by atoms with van der Waals surface area (Å²) in [6, 6.07) is 4.94. The van der Waals surface area contributed by atoms with Crippen LogP contribution in [-0.4, -0.2) is 46.0 Å². The predicted molar refractivity (Wildman–Crippen MR) is 86.1 cm³/mol. The van der Waals surface area contributed by atoms with E-state index < -0.39 is 10.0 Å². The number of hydrogen-bond donors (Lipinski definition) is 1. The van der Waals surface area contributed by atoms with E-state index in [2.05, 4.69) is 5.32 Å². The number of methoxy groups -OCH3 is 1. The van der Waals surface area contributed by atoms with E-state index in [0.29, 0.717) is 29.9 Å². The maximum atomic E-state index is 12.5. The van der Waals surface area contributed by atoms with Crippen molar-refractivity contribution >= 4 is 34.0 Å². The molecule has 120 valence electrons. The summed E-state index contributed by atoms with van der Waals surface area (Å²) in [6.07, 6.45) is 1.64. The van der Waals surface area contributed by atoms with E-state index >= 15 is 0 Å². The molecule has 1 saturated heterocycles. The van der Waals surface area contributed by atoms with Gasteiger partial charge in [0, 0.05) is 19.1 Å². The highest BCUT2D eigenvalue weighted by molar-refractivity contribution is 7.89. The second kappa shape index (κ2) is 7.65. The molecule has 0 radical (unpaired) electrons. The number of ether oxygens (including phenoxy) is 1. The van der Waals surface area contributed by atoms with Gasteiger partial charge in [-0.2, -0.15) is 4.31 Å². The summed E-state index contributed by atoms with van der Waals surface area (Å²) >= 11 is 6.00. The number of piperidine rings is 1. The van der Waals surface area contributed by atoms with Crippen molar-refractivity contribution in [1.29, 1.82) is 0 Å². The van der Waals surface area contributed by atoms with E-state index in [-0.39, 0.29) is 17.3 Å². The van der Waals surface area contributed by atoms with Crippen molar-refractivity contribution in [3.05, 3.63) is 23.2 Å². The molecule has 0 aliphatic carbocycles. The van der Waals surface area contributed by atoms with Crippen LogP contribution in [0.5, 0.6) is 5.75 Å². The van der Waals surface area contributed by atoms with Gasteiger partial charge in [-0.15, -0.1) is 12.4 Å². The molecule has 0 aromatic heterocycles. The average Bonchev–Trinajstić information content (AvgIpc) is 2.47. The first kappa shape index (κ1) is 18.5. The lowest BCUT2D eigenvalue weighted by Gasteiger charge is -2.31. The topological polar surface area (TPSA) is 58.6 Å². The Kier molecular flexibility index (Phi) is 6.74. The molecule has 21 heavy (non-hydrogen) atoms. The van der Waals surface area contributed by atoms with Gasteiger partial charge >= 0.3 is 0 Å². The SMILES string of the molecule is CNC1CCN(S(=O)(=O)c2ccc(OC)c(Cl)c2)CC1.Cl. The van der Waals surface area contributed by atoms with Crippen LogP contribution in [0.25, 0.3) is 0 Å². The lowest BCUT2D eigenvalue weighted by atomic mass is 10.1. The summed E-state index contributed by atoms with van der Waals surface area (Å²) in [4.78, 5) is 0.214. The van der Waals surface area contributed by atoms with Gasteiger partial charge in [0.15, 0.2) is 0 Å². The highest BCUT2D eigenvalue weighted by atomic mass is 35.5. The molecular formula is C13H20Cl2N2O3S. The normalized spacial score (nSPS) is 17.3. The molecule has 1 aromatic carbocycles. The molecule has 0 spiro atoms. The van der Waals surface area contributed by atoms with Crippen molar-refractivity contribution in [3.8, 4) is 5.75 Å². The molecule has 1 fully saturated rings. The molecule has 1 heterocycles. The largest absolute Gasteiger partial charge is 0.495 e. The van der Waals surface area contributed by atoms with Crippen LogP contribution in [0.1, 0.15) is 12.8 Å². The fourth-order valence-electron chi connectivity index (χ4n) is 2.34. The number of hydrogen-bond acceptors (Lipinski definition) is 4. The Morgan fingerprint density at radius 1 is 1.33 bits per heavy atom. The summed E-state index contributed by atoms with van der Waals surface area (Å²) in [7, 11) is -0.0768. The molecule has 1 aromatic rings. The van der Waals surface area contributed by atoms with Crippen molar-refractivity contribution in [1.82, 2.24) is 9.62 Å². The first-order valence-electron chi connectivity index (χ1n) is 6.50. The third kappa shape index (κ3) is 4.02. The van der Waals surface area contributed by atoms with Crippen molar-refractivity contribution in [3.63, 3.8) is 0 Å². The lowest BCUT2D eigenvalue weighted by Crippen LogP contribution is -2.43. The lowest BCUT2D eigenvalue weighted by molar-refractivity contribution is 0.298. The molecular weight excluding hydrogens is 335 g/mol. The second-order valence-electron chi connectivity index (χ2n) is 4.76. The van der Waals surface area contributed by atoms with Crippen LogP contribution in [0, 0.1) is 0 Å². The van der Waals surface area contributed by atoms with Crippen molar-refractivity contribution in [2.45, 2.75) is 23.8 Å². The van der Waals surface area contributed by atoms with Gasteiger partial charge < -0.3 is 10.1 Å². The van der Waals surface area contributed by atoms with Gasteiger partial charge in [-0.05, 0) is 38.1 Å². The molecule has 5 nitrogen and oxygen atoms in total. The van der Waals surface area contributed by atoms with Crippen LogP contribution < -0.4 is 10.1 Å². The minimum atomic E-state index is -3.48. The molecule has 0 unspecified atom stereocenters. The summed E-state index contributed by atoms with van der Waals surface area (Å²) in [5.41, 5.74) is 0. The molecule has 2 rings (SSSR count). The Balaban J connectivity index is 0.00000220. The Bertz CT molecular complexity index is 573. The third-order valence-corrected chi connectivity index (χ3v) is 5.81. The van der Waals surface area contributed by atoms with Crippen LogP contribution in [0.4, 0.5) is 0 Å². The van der Waals surface area contributed by atoms with Gasteiger partial charge in [-0.1, -0.05) is 11.6 Å². The maximum absolute atomic E-state index is 12.5. The highest BCUT2D eigenvalue weighted by Crippen LogP contribution is 2.29. The van der Waals surface area contributed by atoms with Gasteiger partial charge in [0.25, 0.3) is 0 Å². The van der Waals surface area contributed by atoms with Crippen molar-refractivity contribution in [2.24, 2.45) is 0 Å². The van der Waals surface area contributed by atoms with Crippen LogP contribution in [-0.2, 0) is 10.0 Å². The van der Waals surface area contributed by atoms with Gasteiger partial charge in [-0.3, -0.25) is 0 Å². The average molecular weight is 355 g/mol. The summed E-state index contributed by atoms with van der Waals surface area (Å²) in [5.74, 6) is 0.472. The smallest absolute Gasteiger partial charge is 0.243 e. The van der Waals surface area contributed by atoms with Crippen LogP contribution in [0.3, 0.4) is 0 Å². The van der Waals surface area contributed by atoms with Crippen molar-refractivity contribution in [2.75, 3.05) is 27.2 Å². The number of benzene rings is 1. The summed E-state index contributed by atoms with van der Waals surface area (Å²) in [5, 5.41) is 3.49. The van der Waals surface area contributed by atoms with E-state index in [1.54, 1.807) is 6.07 Å². The first-order valence-corrected chi connectivity index (χ1v) is 8.32. The van der Waals surface area contributed by atoms with Crippen molar-refractivity contribution < 1.29 is 13.2 Å². The fourth-order valence-corrected chi connectivity index (χ4v) is 4.16. The van der Waals surface area contributed by atoms with Gasteiger partial charge in [-0.25, -0.2) is 8.42 Å². The van der Waals surface area contributed by atoms with Gasteiger partial charge in [0.05, 0.1) is 17.0 Å². The standard InChI is InChI=1S/C13H19ClN2O3S.ClH/c1-15-10-5-7-16(8-6-10)20(17,18)11-3-4-13(19-2)12(14)9-11;/h3-4,9-10,15H,5-8H2,1-2H3;1H. The zero-order valence-electron chi connectivity index (χ0n) is 12.0. The monoisotopic (exact) mass is 354 g/mol. The summed E-state index contributed by atoms with van der Waals surface area (Å²) in [6.45, 7) is 1.05. The Hall–Kier alpha value is -0.530. The third-order valence-electron chi connectivity index (χ3n) is 3.62. The molecule has 0 saturated carbocycles. The van der Waals surface area contributed by atoms with Crippen LogP contribution in [0.2, 0.25) is 5.02 Å². The Labute approximate surface area is 137 Å². The Morgan fingerprint density at radius 2 is 1.95 bits per heavy atom. The molecule has 1 aliphatic heterocycles. The molecule has 1 N–H and O–H groups in total. The predicted octanol–water partition coefficient (Wildman–Crippen LogP) is 2.14. The quantitative estimate of drug-likeness (QED) is 0.899. The number of rotatable bonds is 4. The van der Waals surface area contributed by atoms with Gasteiger partial charge in [0.2, 0.25) is 10.0 Å². The maximum Gasteiger partial charge on any atom is 0.243 e. The first-order chi connectivity index (χ1) is 9.48. The molecule has 0 amide bonds. The second-order valence-corrected chi connectivity index (χ2v) is 7.11. The fraction of sp³-hybridized carbons (Fsp3) is 0.538. The van der Waals surface area contributed by atoms with E-state index in [4.69, 9.17) is 16.3 Å². The molecule has 8 heteroatoms. The van der Waals surface area contributed by atoms with Crippen LogP contribution >= 0.6 is 24.0 Å². The number of nitrogens with one attached hydrogen (secondary N) is 1. The molecule has 0 bridgehead atoms. The van der Waals surface area contributed by atoms with E-state index in [1.807, 2.05) is 7.05 Å². The number of nitrogens with zero attached hydrogens (tertiary/aromatic N) is 1. The van der Waals surface area contributed by atoms with Crippen LogP contribution in [0.15, 0.2) is 23.1 Å². The van der Waals surface area contributed by atoms with E-state index in [1.165, 1.54) is 23.5 Å². The zero-order chi connectivity index (χ0) is 14.8. The van der Waals surface area contributed by atoms with E-state index in [9.17, 15) is 8.42 Å².